The van der Waals surface area contributed by atoms with Crippen molar-refractivity contribution in [3.63, 3.8) is 0 Å². The number of ether oxygens (including phenoxy) is 1. The summed E-state index contributed by atoms with van der Waals surface area (Å²) in [5.41, 5.74) is 2.12. The number of benzene rings is 1. The van der Waals surface area contributed by atoms with Crippen LogP contribution in [-0.4, -0.2) is 75.9 Å². The monoisotopic (exact) mass is 365 g/mol. The third kappa shape index (κ3) is 3.83. The summed E-state index contributed by atoms with van der Waals surface area (Å²) in [7, 11) is 0.172. The zero-order chi connectivity index (χ0) is 18.0. The third-order valence-electron chi connectivity index (χ3n) is 5.10. The fourth-order valence-electron chi connectivity index (χ4n) is 3.33. The van der Waals surface area contributed by atoms with Crippen molar-refractivity contribution in [2.75, 3.05) is 53.4 Å². The van der Waals surface area contributed by atoms with E-state index in [4.69, 9.17) is 4.74 Å². The van der Waals surface area contributed by atoms with Crippen molar-refractivity contribution in [1.82, 2.24) is 14.1 Å². The average Bonchev–Trinajstić information content (AvgIpc) is 2.98. The Balaban J connectivity index is 1.79. The summed E-state index contributed by atoms with van der Waals surface area (Å²) < 4.78 is 32.9. The van der Waals surface area contributed by atoms with Gasteiger partial charge in [-0.2, -0.15) is 0 Å². The van der Waals surface area contributed by atoms with E-state index in [1.165, 1.54) is 5.57 Å². The smallest absolute Gasteiger partial charge is 0.264 e. The van der Waals surface area contributed by atoms with Crippen LogP contribution in [0.2, 0.25) is 0 Å². The van der Waals surface area contributed by atoms with Crippen molar-refractivity contribution in [2.24, 2.45) is 0 Å². The quantitative estimate of drug-likeness (QED) is 0.794. The molecule has 7 heteroatoms. The van der Waals surface area contributed by atoms with Gasteiger partial charge in [0.05, 0.1) is 12.0 Å². The van der Waals surface area contributed by atoms with Crippen molar-refractivity contribution in [3.8, 4) is 5.75 Å². The molecule has 0 spiro atoms. The summed E-state index contributed by atoms with van der Waals surface area (Å²) in [6.07, 6.45) is 0.804. The van der Waals surface area contributed by atoms with Crippen LogP contribution >= 0.6 is 0 Å². The fourth-order valence-corrected chi connectivity index (χ4v) is 4.90. The van der Waals surface area contributed by atoms with Gasteiger partial charge in [-0.3, -0.25) is 9.21 Å². The number of hydrogen-bond donors (Lipinski definition) is 0. The molecule has 138 valence electrons. The summed E-state index contributed by atoms with van der Waals surface area (Å²) in [6, 6.07) is 6.63. The number of hydrogen-bond acceptors (Lipinski definition) is 5. The first-order valence-corrected chi connectivity index (χ1v) is 10.1. The van der Waals surface area contributed by atoms with E-state index in [0.717, 1.165) is 38.3 Å². The molecule has 0 atom stereocenters. The fraction of sp³-hybridized carbons (Fsp3) is 0.556. The van der Waals surface area contributed by atoms with Crippen molar-refractivity contribution in [2.45, 2.75) is 18.2 Å². The topological polar surface area (TPSA) is 53.1 Å². The highest BCUT2D eigenvalue weighted by Gasteiger charge is 2.32. The molecule has 0 saturated carbocycles. The van der Waals surface area contributed by atoms with Crippen LogP contribution in [-0.2, 0) is 10.0 Å². The number of piperazine rings is 1. The van der Waals surface area contributed by atoms with Crippen molar-refractivity contribution in [1.29, 1.82) is 0 Å². The van der Waals surface area contributed by atoms with E-state index < -0.39 is 10.0 Å². The second-order valence-corrected chi connectivity index (χ2v) is 8.67. The summed E-state index contributed by atoms with van der Waals surface area (Å²) >= 11 is 0. The van der Waals surface area contributed by atoms with E-state index in [1.807, 2.05) is 0 Å². The molecule has 1 aromatic rings. The summed E-state index contributed by atoms with van der Waals surface area (Å²) in [4.78, 5) is 4.97. The van der Waals surface area contributed by atoms with Gasteiger partial charge in [0.25, 0.3) is 10.0 Å². The zero-order valence-corrected chi connectivity index (χ0v) is 16.1. The molecule has 0 aliphatic carbocycles. The lowest BCUT2D eigenvalue weighted by atomic mass is 10.2. The maximum Gasteiger partial charge on any atom is 0.264 e. The van der Waals surface area contributed by atoms with Crippen LogP contribution in [0.25, 0.3) is 0 Å². The molecule has 1 aromatic carbocycles. The standard InChI is InChI=1S/C18H27N3O3S/c1-15-8-9-21(18(15)14-20-12-10-19(2)11-13-20)25(22,23)17-6-4-16(24-3)5-7-17/h4-7H,8-14H2,1-3H3. The van der Waals surface area contributed by atoms with Gasteiger partial charge in [0, 0.05) is 45.0 Å². The predicted octanol–water partition coefficient (Wildman–Crippen LogP) is 1.61. The first-order valence-electron chi connectivity index (χ1n) is 8.68. The molecule has 1 fully saturated rings. The number of sulfonamides is 1. The van der Waals surface area contributed by atoms with Gasteiger partial charge in [0.15, 0.2) is 0 Å². The van der Waals surface area contributed by atoms with Crippen molar-refractivity contribution >= 4 is 10.0 Å². The molecule has 2 heterocycles. The Bertz CT molecular complexity index is 735. The Morgan fingerprint density at radius 3 is 2.28 bits per heavy atom. The van der Waals surface area contributed by atoms with Crippen LogP contribution in [0, 0.1) is 0 Å². The van der Waals surface area contributed by atoms with Crippen molar-refractivity contribution in [3.05, 3.63) is 35.5 Å². The summed E-state index contributed by atoms with van der Waals surface area (Å²) in [5.74, 6) is 0.657. The first kappa shape index (κ1) is 18.2. The lowest BCUT2D eigenvalue weighted by molar-refractivity contribution is 0.159. The second kappa shape index (κ2) is 7.35. The molecule has 2 aliphatic heterocycles. The molecule has 2 aliphatic rings. The Kier molecular flexibility index (Phi) is 5.36. The maximum atomic E-state index is 13.1. The van der Waals surface area contributed by atoms with E-state index in [-0.39, 0.29) is 0 Å². The predicted molar refractivity (Wildman–Crippen MR) is 98.1 cm³/mol. The van der Waals surface area contributed by atoms with Gasteiger partial charge in [0.2, 0.25) is 0 Å². The maximum absolute atomic E-state index is 13.1. The number of likely N-dealkylation sites (N-methyl/N-ethyl adjacent to an activating group) is 1. The van der Waals surface area contributed by atoms with Crippen LogP contribution in [0.5, 0.6) is 5.75 Å². The first-order chi connectivity index (χ1) is 11.9. The highest BCUT2D eigenvalue weighted by atomic mass is 32.2. The minimum atomic E-state index is -3.52. The molecular formula is C18H27N3O3S. The molecule has 0 bridgehead atoms. The highest BCUT2D eigenvalue weighted by molar-refractivity contribution is 7.89. The third-order valence-corrected chi connectivity index (χ3v) is 6.95. The van der Waals surface area contributed by atoms with Crippen LogP contribution in [0.1, 0.15) is 13.3 Å². The van der Waals surface area contributed by atoms with Crippen LogP contribution in [0.15, 0.2) is 40.4 Å². The van der Waals surface area contributed by atoms with E-state index >= 15 is 0 Å². The normalized spacial score (nSPS) is 20.4. The largest absolute Gasteiger partial charge is 0.497 e. The zero-order valence-electron chi connectivity index (χ0n) is 15.2. The molecular weight excluding hydrogens is 338 g/mol. The van der Waals surface area contributed by atoms with E-state index in [2.05, 4.69) is 23.8 Å². The van der Waals surface area contributed by atoms with Gasteiger partial charge in [-0.1, -0.05) is 0 Å². The molecule has 0 amide bonds. The molecule has 0 radical (unpaired) electrons. The number of rotatable bonds is 5. The number of methoxy groups -OCH3 is 1. The van der Waals surface area contributed by atoms with E-state index in [1.54, 1.807) is 35.7 Å². The van der Waals surface area contributed by atoms with Crippen LogP contribution in [0.3, 0.4) is 0 Å². The average molecular weight is 365 g/mol. The van der Waals surface area contributed by atoms with Gasteiger partial charge in [-0.05, 0) is 50.2 Å². The van der Waals surface area contributed by atoms with Gasteiger partial charge in [0.1, 0.15) is 5.75 Å². The summed E-state index contributed by atoms with van der Waals surface area (Å²) in [5, 5.41) is 0. The van der Waals surface area contributed by atoms with E-state index in [0.29, 0.717) is 23.7 Å². The summed E-state index contributed by atoms with van der Waals surface area (Å²) in [6.45, 7) is 7.29. The Morgan fingerprint density at radius 2 is 1.68 bits per heavy atom. The molecule has 6 nitrogen and oxygen atoms in total. The van der Waals surface area contributed by atoms with Gasteiger partial charge >= 0.3 is 0 Å². The van der Waals surface area contributed by atoms with Crippen LogP contribution < -0.4 is 4.74 Å². The lowest BCUT2D eigenvalue weighted by Gasteiger charge is -2.34. The van der Waals surface area contributed by atoms with Crippen molar-refractivity contribution < 1.29 is 13.2 Å². The molecule has 3 rings (SSSR count). The SMILES string of the molecule is COc1ccc(S(=O)(=O)N2CCC(C)=C2CN2CCN(C)CC2)cc1. The molecule has 0 unspecified atom stereocenters. The van der Waals surface area contributed by atoms with Crippen LogP contribution in [0.4, 0.5) is 0 Å². The Hall–Kier alpha value is -1.57. The molecule has 0 N–H and O–H groups in total. The number of nitrogens with zero attached hydrogens (tertiary/aromatic N) is 3. The van der Waals surface area contributed by atoms with E-state index in [9.17, 15) is 8.42 Å². The second-order valence-electron chi connectivity index (χ2n) is 6.81. The lowest BCUT2D eigenvalue weighted by Crippen LogP contribution is -2.46. The Labute approximate surface area is 150 Å². The minimum Gasteiger partial charge on any atom is -0.497 e. The van der Waals surface area contributed by atoms with Gasteiger partial charge in [-0.25, -0.2) is 8.42 Å². The molecule has 1 saturated heterocycles. The molecule has 25 heavy (non-hydrogen) atoms. The Morgan fingerprint density at radius 1 is 1.04 bits per heavy atom. The van der Waals surface area contributed by atoms with Gasteiger partial charge in [-0.15, -0.1) is 0 Å². The van der Waals surface area contributed by atoms with Gasteiger partial charge < -0.3 is 9.64 Å². The highest BCUT2D eigenvalue weighted by Crippen LogP contribution is 2.30. The molecule has 0 aromatic heterocycles. The minimum absolute atomic E-state index is 0.318.